The molecule has 0 bridgehead atoms. The highest BCUT2D eigenvalue weighted by molar-refractivity contribution is 9.10. The van der Waals surface area contributed by atoms with Gasteiger partial charge in [0.15, 0.2) is 18.1 Å². The van der Waals surface area contributed by atoms with Gasteiger partial charge in [0.2, 0.25) is 0 Å². The zero-order chi connectivity index (χ0) is 25.0. The van der Waals surface area contributed by atoms with Gasteiger partial charge in [0, 0.05) is 4.47 Å². The molecule has 0 unspecified atom stereocenters. The number of carbonyl (C=O) groups is 4. The van der Waals surface area contributed by atoms with Crippen molar-refractivity contribution in [3.63, 3.8) is 0 Å². The van der Waals surface area contributed by atoms with E-state index in [0.717, 1.165) is 16.0 Å². The van der Waals surface area contributed by atoms with Gasteiger partial charge in [-0.1, -0.05) is 22.0 Å². The van der Waals surface area contributed by atoms with Gasteiger partial charge in [0.25, 0.3) is 11.8 Å². The van der Waals surface area contributed by atoms with E-state index in [4.69, 9.17) is 14.2 Å². The average molecular weight is 531 g/mol. The first-order valence-electron chi connectivity index (χ1n) is 10.3. The van der Waals surface area contributed by atoms with Crippen molar-refractivity contribution in [2.24, 2.45) is 0 Å². The van der Waals surface area contributed by atoms with Gasteiger partial charge in [-0.25, -0.2) is 14.5 Å². The number of halogens is 1. The van der Waals surface area contributed by atoms with Crippen molar-refractivity contribution in [1.82, 2.24) is 5.32 Å². The number of nitrogens with one attached hydrogen (secondary N) is 1. The Bertz CT molecular complexity index is 1190. The molecule has 0 atom stereocenters. The van der Waals surface area contributed by atoms with E-state index in [1.807, 2.05) is 19.9 Å². The highest BCUT2D eigenvalue weighted by Gasteiger charge is 2.37. The first-order valence-corrected chi connectivity index (χ1v) is 11.1. The number of urea groups is 1. The molecule has 0 radical (unpaired) electrons. The molecule has 1 saturated heterocycles. The van der Waals surface area contributed by atoms with E-state index < -0.39 is 23.8 Å². The number of aryl methyl sites for hydroxylation is 2. The van der Waals surface area contributed by atoms with E-state index in [9.17, 15) is 19.2 Å². The van der Waals surface area contributed by atoms with Crippen LogP contribution in [-0.2, 0) is 19.1 Å². The minimum Gasteiger partial charge on any atom is -0.493 e. The van der Waals surface area contributed by atoms with E-state index in [-0.39, 0.29) is 30.3 Å². The van der Waals surface area contributed by atoms with Crippen molar-refractivity contribution in [2.45, 2.75) is 20.8 Å². The van der Waals surface area contributed by atoms with Crippen LogP contribution >= 0.6 is 15.9 Å². The molecule has 0 aromatic heterocycles. The summed E-state index contributed by atoms with van der Waals surface area (Å²) in [4.78, 5) is 50.7. The Balaban J connectivity index is 1.97. The number of carbonyl (C=O) groups excluding carboxylic acids is 4. The summed E-state index contributed by atoms with van der Waals surface area (Å²) in [6.07, 6.45) is 1.35. The fraction of sp³-hybridized carbons (Fsp3) is 0.250. The van der Waals surface area contributed by atoms with Crippen LogP contribution in [0.5, 0.6) is 11.5 Å². The van der Waals surface area contributed by atoms with Gasteiger partial charge in [0.1, 0.15) is 5.57 Å². The highest BCUT2D eigenvalue weighted by Crippen LogP contribution is 2.35. The van der Waals surface area contributed by atoms with Crippen LogP contribution in [0.3, 0.4) is 0 Å². The van der Waals surface area contributed by atoms with Gasteiger partial charge in [-0.3, -0.25) is 14.9 Å². The Morgan fingerprint density at radius 1 is 1.06 bits per heavy atom. The molecule has 0 saturated carbocycles. The summed E-state index contributed by atoms with van der Waals surface area (Å²) in [6.45, 7) is 5.30. The normalized spacial score (nSPS) is 14.8. The summed E-state index contributed by atoms with van der Waals surface area (Å²) in [5.41, 5.74) is 2.28. The van der Waals surface area contributed by atoms with E-state index in [0.29, 0.717) is 15.7 Å². The SMILES string of the molecule is CCOC(=O)COc1cc(Br)c(C=C2C(=O)NC(=O)N(c3cc(C)cc(C)c3)C2=O)cc1OC. The molecule has 1 fully saturated rings. The maximum Gasteiger partial charge on any atom is 0.344 e. The topological polar surface area (TPSA) is 111 Å². The molecule has 2 aromatic rings. The van der Waals surface area contributed by atoms with Crippen molar-refractivity contribution in [3.05, 3.63) is 57.1 Å². The Hall–Kier alpha value is -3.66. The number of imide groups is 2. The minimum absolute atomic E-state index is 0.229. The first kappa shape index (κ1) is 25.0. The second-order valence-electron chi connectivity index (χ2n) is 7.42. The number of hydrogen-bond acceptors (Lipinski definition) is 7. The highest BCUT2D eigenvalue weighted by atomic mass is 79.9. The predicted octanol–water partition coefficient (Wildman–Crippen LogP) is 3.68. The van der Waals surface area contributed by atoms with Crippen molar-refractivity contribution in [2.75, 3.05) is 25.2 Å². The van der Waals surface area contributed by atoms with Crippen LogP contribution in [0.25, 0.3) is 6.08 Å². The quantitative estimate of drug-likeness (QED) is 0.330. The number of barbiturate groups is 1. The van der Waals surface area contributed by atoms with Gasteiger partial charge in [0.05, 0.1) is 19.4 Å². The Morgan fingerprint density at radius 2 is 1.74 bits per heavy atom. The molecular formula is C24H23BrN2O7. The van der Waals surface area contributed by atoms with Crippen LogP contribution in [0.2, 0.25) is 0 Å². The van der Waals surface area contributed by atoms with Gasteiger partial charge in [-0.15, -0.1) is 0 Å². The molecule has 1 heterocycles. The Kier molecular flexibility index (Phi) is 7.72. The largest absolute Gasteiger partial charge is 0.493 e. The number of methoxy groups -OCH3 is 1. The number of ether oxygens (including phenoxy) is 3. The molecule has 0 spiro atoms. The Labute approximate surface area is 204 Å². The van der Waals surface area contributed by atoms with E-state index in [1.165, 1.54) is 19.3 Å². The second kappa shape index (κ2) is 10.5. The van der Waals surface area contributed by atoms with Gasteiger partial charge in [-0.2, -0.15) is 0 Å². The van der Waals surface area contributed by atoms with Crippen molar-refractivity contribution in [3.8, 4) is 11.5 Å². The van der Waals surface area contributed by atoms with Gasteiger partial charge in [-0.05, 0) is 67.8 Å². The van der Waals surface area contributed by atoms with Crippen molar-refractivity contribution in [1.29, 1.82) is 0 Å². The monoisotopic (exact) mass is 530 g/mol. The van der Waals surface area contributed by atoms with Gasteiger partial charge < -0.3 is 14.2 Å². The molecule has 2 aromatic carbocycles. The molecule has 1 N–H and O–H groups in total. The number of amides is 4. The van der Waals surface area contributed by atoms with E-state index in [2.05, 4.69) is 21.2 Å². The maximum absolute atomic E-state index is 13.2. The standard InChI is InChI=1S/C24H23BrN2O7/c1-5-33-21(28)12-34-20-11-18(25)15(10-19(20)32-4)9-17-22(29)26-24(31)27(23(17)30)16-7-13(2)6-14(3)8-16/h6-11H,5,12H2,1-4H3,(H,26,29,31). The summed E-state index contributed by atoms with van der Waals surface area (Å²) in [6, 6.07) is 7.54. The summed E-state index contributed by atoms with van der Waals surface area (Å²) >= 11 is 3.39. The third kappa shape index (κ3) is 5.45. The first-order chi connectivity index (χ1) is 16.1. The van der Waals surface area contributed by atoms with Crippen LogP contribution < -0.4 is 19.7 Å². The lowest BCUT2D eigenvalue weighted by atomic mass is 10.0. The third-order valence-electron chi connectivity index (χ3n) is 4.80. The molecule has 34 heavy (non-hydrogen) atoms. The van der Waals surface area contributed by atoms with E-state index >= 15 is 0 Å². The lowest BCUT2D eigenvalue weighted by molar-refractivity contribution is -0.145. The zero-order valence-corrected chi connectivity index (χ0v) is 20.6. The third-order valence-corrected chi connectivity index (χ3v) is 5.49. The fourth-order valence-corrected chi connectivity index (χ4v) is 3.84. The van der Waals surface area contributed by atoms with Crippen LogP contribution in [0, 0.1) is 13.8 Å². The van der Waals surface area contributed by atoms with Gasteiger partial charge >= 0.3 is 12.0 Å². The number of rotatable bonds is 7. The van der Waals surface area contributed by atoms with Crippen LogP contribution in [0.15, 0.2) is 40.4 Å². The summed E-state index contributed by atoms with van der Waals surface area (Å²) < 4.78 is 16.1. The number of benzene rings is 2. The summed E-state index contributed by atoms with van der Waals surface area (Å²) in [5, 5.41) is 2.21. The van der Waals surface area contributed by atoms with Crippen molar-refractivity contribution < 1.29 is 33.4 Å². The van der Waals surface area contributed by atoms with E-state index in [1.54, 1.807) is 25.1 Å². The molecule has 3 rings (SSSR count). The lowest BCUT2D eigenvalue weighted by Crippen LogP contribution is -2.54. The van der Waals surface area contributed by atoms with Crippen LogP contribution in [0.4, 0.5) is 10.5 Å². The smallest absolute Gasteiger partial charge is 0.344 e. The number of anilines is 1. The molecule has 4 amide bonds. The Morgan fingerprint density at radius 3 is 2.35 bits per heavy atom. The molecular weight excluding hydrogens is 508 g/mol. The number of hydrogen-bond donors (Lipinski definition) is 1. The molecule has 0 aliphatic carbocycles. The average Bonchev–Trinajstić information content (AvgIpc) is 2.75. The lowest BCUT2D eigenvalue weighted by Gasteiger charge is -2.27. The summed E-state index contributed by atoms with van der Waals surface area (Å²) in [5.74, 6) is -1.58. The zero-order valence-electron chi connectivity index (χ0n) is 19.1. The minimum atomic E-state index is -0.823. The fourth-order valence-electron chi connectivity index (χ4n) is 3.40. The summed E-state index contributed by atoms with van der Waals surface area (Å²) in [7, 11) is 1.41. The molecule has 1 aliphatic heterocycles. The number of esters is 1. The molecule has 9 nitrogen and oxygen atoms in total. The van der Waals surface area contributed by atoms with Crippen LogP contribution in [0.1, 0.15) is 23.6 Å². The van der Waals surface area contributed by atoms with Crippen LogP contribution in [-0.4, -0.2) is 44.1 Å². The molecule has 10 heteroatoms. The maximum atomic E-state index is 13.2. The second-order valence-corrected chi connectivity index (χ2v) is 8.28. The molecule has 178 valence electrons. The predicted molar refractivity (Wildman–Crippen MR) is 128 cm³/mol. The van der Waals surface area contributed by atoms with Crippen molar-refractivity contribution >= 4 is 51.5 Å². The number of nitrogens with zero attached hydrogens (tertiary/aromatic N) is 1. The molecule has 1 aliphatic rings.